The first-order chi connectivity index (χ1) is 9.02. The molecule has 0 spiro atoms. The van der Waals surface area contributed by atoms with Crippen LogP contribution in [0.25, 0.3) is 16.9 Å². The Kier molecular flexibility index (Phi) is 3.00. The Morgan fingerprint density at radius 2 is 1.63 bits per heavy atom. The fourth-order valence-electron chi connectivity index (χ4n) is 2.29. The maximum atomic E-state index is 6.16. The Labute approximate surface area is 121 Å². The number of nitrogens with zero attached hydrogens (tertiary/aromatic N) is 2. The third-order valence-corrected chi connectivity index (χ3v) is 3.48. The van der Waals surface area contributed by atoms with Crippen LogP contribution in [-0.4, -0.2) is 9.38 Å². The molecule has 19 heavy (non-hydrogen) atoms. The SMILES string of the molecule is Cc1cc(C)cc(-c2cn3cc(Cl)cc(Cl)c3n2)c1. The van der Waals surface area contributed by atoms with Gasteiger partial charge in [0.05, 0.1) is 15.7 Å². The summed E-state index contributed by atoms with van der Waals surface area (Å²) in [6, 6.07) is 8.08. The van der Waals surface area contributed by atoms with Crippen molar-refractivity contribution in [3.05, 3.63) is 57.8 Å². The average Bonchev–Trinajstić information content (AvgIpc) is 2.71. The second kappa shape index (κ2) is 4.55. The highest BCUT2D eigenvalue weighted by molar-refractivity contribution is 6.36. The molecule has 1 aromatic carbocycles. The monoisotopic (exact) mass is 290 g/mol. The van der Waals surface area contributed by atoms with Gasteiger partial charge in [0, 0.05) is 18.0 Å². The molecule has 0 aliphatic heterocycles. The summed E-state index contributed by atoms with van der Waals surface area (Å²) < 4.78 is 1.86. The zero-order chi connectivity index (χ0) is 13.6. The maximum absolute atomic E-state index is 6.16. The van der Waals surface area contributed by atoms with Gasteiger partial charge in [-0.1, -0.05) is 40.4 Å². The molecule has 96 valence electrons. The fraction of sp³-hybridized carbons (Fsp3) is 0.133. The highest BCUT2D eigenvalue weighted by Crippen LogP contribution is 2.26. The minimum Gasteiger partial charge on any atom is -0.304 e. The van der Waals surface area contributed by atoms with E-state index >= 15 is 0 Å². The molecule has 0 atom stereocenters. The number of halogens is 2. The summed E-state index contributed by atoms with van der Waals surface area (Å²) in [5, 5.41) is 1.16. The van der Waals surface area contributed by atoms with Crippen LogP contribution in [0.4, 0.5) is 0 Å². The van der Waals surface area contributed by atoms with Gasteiger partial charge in [0.2, 0.25) is 0 Å². The van der Waals surface area contributed by atoms with Gasteiger partial charge in [0.15, 0.2) is 5.65 Å². The molecule has 0 bridgehead atoms. The molecule has 3 rings (SSSR count). The number of pyridine rings is 1. The number of fused-ring (bicyclic) bond motifs is 1. The normalized spacial score (nSPS) is 11.2. The summed E-state index contributed by atoms with van der Waals surface area (Å²) in [4.78, 5) is 4.58. The summed E-state index contributed by atoms with van der Waals surface area (Å²) in [6.07, 6.45) is 3.75. The number of benzene rings is 1. The van der Waals surface area contributed by atoms with Gasteiger partial charge in [-0.15, -0.1) is 0 Å². The number of imidazole rings is 1. The van der Waals surface area contributed by atoms with Crippen LogP contribution in [-0.2, 0) is 0 Å². The molecule has 0 aliphatic rings. The van der Waals surface area contributed by atoms with Gasteiger partial charge in [-0.2, -0.15) is 0 Å². The predicted octanol–water partition coefficient (Wildman–Crippen LogP) is 4.92. The van der Waals surface area contributed by atoms with Gasteiger partial charge >= 0.3 is 0 Å². The lowest BCUT2D eigenvalue weighted by Gasteiger charge is -2.01. The van der Waals surface area contributed by atoms with Gasteiger partial charge in [-0.05, 0) is 32.0 Å². The molecule has 2 nitrogen and oxygen atoms in total. The molecule has 0 amide bonds. The molecule has 4 heteroatoms. The Bertz CT molecular complexity index is 755. The predicted molar refractivity (Wildman–Crippen MR) is 80.1 cm³/mol. The first-order valence-corrected chi connectivity index (χ1v) is 6.71. The van der Waals surface area contributed by atoms with Crippen molar-refractivity contribution < 1.29 is 0 Å². The van der Waals surface area contributed by atoms with E-state index < -0.39 is 0 Å². The van der Waals surface area contributed by atoms with E-state index in [1.807, 2.05) is 16.8 Å². The van der Waals surface area contributed by atoms with Crippen molar-refractivity contribution in [3.8, 4) is 11.3 Å². The molecule has 0 unspecified atom stereocenters. The van der Waals surface area contributed by atoms with Crippen LogP contribution in [0.3, 0.4) is 0 Å². The molecule has 0 aliphatic carbocycles. The van der Waals surface area contributed by atoms with Gasteiger partial charge in [0.1, 0.15) is 0 Å². The Morgan fingerprint density at radius 3 is 2.32 bits per heavy atom. The van der Waals surface area contributed by atoms with Crippen LogP contribution >= 0.6 is 23.2 Å². The summed E-state index contributed by atoms with van der Waals surface area (Å²) >= 11 is 12.2. The molecular weight excluding hydrogens is 279 g/mol. The third kappa shape index (κ3) is 2.34. The number of rotatable bonds is 1. The van der Waals surface area contributed by atoms with Gasteiger partial charge in [-0.25, -0.2) is 4.98 Å². The minimum absolute atomic E-state index is 0.558. The minimum atomic E-state index is 0.558. The van der Waals surface area contributed by atoms with Crippen LogP contribution in [0.2, 0.25) is 10.0 Å². The van der Waals surface area contributed by atoms with Crippen LogP contribution in [0.5, 0.6) is 0 Å². The van der Waals surface area contributed by atoms with E-state index in [1.54, 1.807) is 6.07 Å². The van der Waals surface area contributed by atoms with E-state index in [0.717, 1.165) is 16.9 Å². The second-order valence-electron chi connectivity index (χ2n) is 4.74. The molecule has 0 N–H and O–H groups in total. The molecular formula is C15H12Cl2N2. The van der Waals surface area contributed by atoms with E-state index in [-0.39, 0.29) is 0 Å². The summed E-state index contributed by atoms with van der Waals surface area (Å²) in [5.74, 6) is 0. The van der Waals surface area contributed by atoms with Crippen molar-refractivity contribution in [2.24, 2.45) is 0 Å². The lowest BCUT2D eigenvalue weighted by molar-refractivity contribution is 1.19. The van der Waals surface area contributed by atoms with Gasteiger partial charge < -0.3 is 4.40 Å². The van der Waals surface area contributed by atoms with Crippen LogP contribution < -0.4 is 0 Å². The lowest BCUT2D eigenvalue weighted by Crippen LogP contribution is -1.82. The van der Waals surface area contributed by atoms with E-state index in [9.17, 15) is 0 Å². The summed E-state index contributed by atoms with van der Waals surface area (Å²) in [5.41, 5.74) is 5.15. The zero-order valence-electron chi connectivity index (χ0n) is 10.6. The lowest BCUT2D eigenvalue weighted by atomic mass is 10.1. The van der Waals surface area contributed by atoms with Crippen molar-refractivity contribution in [1.82, 2.24) is 9.38 Å². The van der Waals surface area contributed by atoms with Crippen LogP contribution in [0.15, 0.2) is 36.7 Å². The zero-order valence-corrected chi connectivity index (χ0v) is 12.1. The van der Waals surface area contributed by atoms with Crippen molar-refractivity contribution in [3.63, 3.8) is 0 Å². The smallest absolute Gasteiger partial charge is 0.156 e. The Morgan fingerprint density at radius 1 is 0.947 bits per heavy atom. The number of aryl methyl sites for hydroxylation is 2. The highest BCUT2D eigenvalue weighted by Gasteiger charge is 2.09. The van der Waals surface area contributed by atoms with E-state index in [2.05, 4.69) is 37.0 Å². The van der Waals surface area contributed by atoms with Crippen molar-refractivity contribution >= 4 is 28.8 Å². The van der Waals surface area contributed by atoms with Crippen LogP contribution in [0.1, 0.15) is 11.1 Å². The second-order valence-corrected chi connectivity index (χ2v) is 5.58. The van der Waals surface area contributed by atoms with Crippen LogP contribution in [0, 0.1) is 13.8 Å². The molecule has 2 heterocycles. The third-order valence-electron chi connectivity index (χ3n) is 2.99. The fourth-order valence-corrected chi connectivity index (χ4v) is 2.81. The molecule has 0 saturated heterocycles. The Hall–Kier alpha value is -1.51. The largest absolute Gasteiger partial charge is 0.304 e. The van der Waals surface area contributed by atoms with Crippen molar-refractivity contribution in [2.75, 3.05) is 0 Å². The maximum Gasteiger partial charge on any atom is 0.156 e. The summed E-state index contributed by atoms with van der Waals surface area (Å²) in [7, 11) is 0. The molecule has 2 aromatic heterocycles. The molecule has 0 radical (unpaired) electrons. The van der Waals surface area contributed by atoms with Crippen molar-refractivity contribution in [1.29, 1.82) is 0 Å². The quantitative estimate of drug-likeness (QED) is 0.621. The van der Waals surface area contributed by atoms with E-state index in [1.165, 1.54) is 11.1 Å². The van der Waals surface area contributed by atoms with Gasteiger partial charge in [-0.3, -0.25) is 0 Å². The first-order valence-electron chi connectivity index (χ1n) is 5.95. The topological polar surface area (TPSA) is 17.3 Å². The average molecular weight is 291 g/mol. The Balaban J connectivity index is 2.23. The number of hydrogen-bond donors (Lipinski definition) is 0. The van der Waals surface area contributed by atoms with E-state index in [4.69, 9.17) is 23.2 Å². The van der Waals surface area contributed by atoms with Crippen molar-refractivity contribution in [2.45, 2.75) is 13.8 Å². The molecule has 0 fully saturated rings. The highest BCUT2D eigenvalue weighted by atomic mass is 35.5. The summed E-state index contributed by atoms with van der Waals surface area (Å²) in [6.45, 7) is 4.16. The number of hydrogen-bond acceptors (Lipinski definition) is 1. The molecule has 3 aromatic rings. The van der Waals surface area contributed by atoms with Gasteiger partial charge in [0.25, 0.3) is 0 Å². The molecule has 0 saturated carbocycles. The van der Waals surface area contributed by atoms with E-state index in [0.29, 0.717) is 10.0 Å². The first kappa shape index (κ1) is 12.5. The number of aromatic nitrogens is 2. The standard InChI is InChI=1S/C15H12Cl2N2/c1-9-3-10(2)5-11(4-9)14-8-19-7-12(16)6-13(17)15(19)18-14/h3-8H,1-2H3.